The van der Waals surface area contributed by atoms with E-state index in [-0.39, 0.29) is 13.1 Å². The number of halogens is 2. The van der Waals surface area contributed by atoms with Crippen molar-refractivity contribution in [2.45, 2.75) is 11.4 Å². The molecule has 0 bridgehead atoms. The Labute approximate surface area is 178 Å². The Morgan fingerprint density at radius 1 is 1.06 bits per heavy atom. The molecule has 4 rings (SSSR count). The highest BCUT2D eigenvalue weighted by atomic mass is 32.2. The number of methoxy groups -OCH3 is 1. The monoisotopic (exact) mass is 449 g/mol. The Morgan fingerprint density at radius 2 is 1.81 bits per heavy atom. The fraction of sp³-hybridized carbons (Fsp3) is 0.286. The fourth-order valence-corrected chi connectivity index (χ4v) is 5.03. The molecule has 0 atom stereocenters. The second-order valence-electron chi connectivity index (χ2n) is 7.13. The Hall–Kier alpha value is -2.82. The molecular formula is C21H21F2N3O4S. The van der Waals surface area contributed by atoms with Gasteiger partial charge >= 0.3 is 0 Å². The summed E-state index contributed by atoms with van der Waals surface area (Å²) < 4.78 is 64.8. The molecule has 0 amide bonds. The summed E-state index contributed by atoms with van der Waals surface area (Å²) in [6.07, 6.45) is 0. The third-order valence-corrected chi connectivity index (χ3v) is 7.08. The van der Waals surface area contributed by atoms with Crippen LogP contribution in [0.3, 0.4) is 0 Å². The lowest BCUT2D eigenvalue weighted by Gasteiger charge is -2.33. The average Bonchev–Trinajstić information content (AvgIpc) is 3.24. The van der Waals surface area contributed by atoms with Crippen LogP contribution < -0.4 is 4.74 Å². The predicted octanol–water partition coefficient (Wildman–Crippen LogP) is 3.13. The van der Waals surface area contributed by atoms with Gasteiger partial charge in [-0.05, 0) is 30.3 Å². The van der Waals surface area contributed by atoms with Crippen molar-refractivity contribution in [1.82, 2.24) is 14.4 Å². The molecule has 7 nitrogen and oxygen atoms in total. The van der Waals surface area contributed by atoms with Gasteiger partial charge in [-0.1, -0.05) is 17.3 Å². The Morgan fingerprint density at radius 3 is 2.55 bits per heavy atom. The van der Waals surface area contributed by atoms with Gasteiger partial charge in [-0.3, -0.25) is 4.90 Å². The highest BCUT2D eigenvalue weighted by Crippen LogP contribution is 2.29. The van der Waals surface area contributed by atoms with Crippen molar-refractivity contribution < 1.29 is 26.5 Å². The molecule has 1 aromatic heterocycles. The van der Waals surface area contributed by atoms with E-state index in [1.165, 1.54) is 4.31 Å². The molecular weight excluding hydrogens is 428 g/mol. The maximum atomic E-state index is 14.0. The molecule has 0 aliphatic carbocycles. The maximum Gasteiger partial charge on any atom is 0.246 e. The van der Waals surface area contributed by atoms with E-state index < -0.39 is 26.6 Å². The Balaban J connectivity index is 1.41. The summed E-state index contributed by atoms with van der Waals surface area (Å²) in [5.74, 6) is -0.441. The third-order valence-electron chi connectivity index (χ3n) is 5.16. The first-order valence-electron chi connectivity index (χ1n) is 9.65. The Bertz CT molecular complexity index is 1170. The van der Waals surface area contributed by atoms with E-state index in [2.05, 4.69) is 5.16 Å². The van der Waals surface area contributed by atoms with E-state index in [0.717, 1.165) is 17.7 Å². The van der Waals surface area contributed by atoms with E-state index in [4.69, 9.17) is 9.26 Å². The van der Waals surface area contributed by atoms with Crippen LogP contribution in [0, 0.1) is 11.6 Å². The van der Waals surface area contributed by atoms with Gasteiger partial charge < -0.3 is 9.26 Å². The van der Waals surface area contributed by atoms with Crippen molar-refractivity contribution in [3.8, 4) is 17.0 Å². The zero-order valence-electron chi connectivity index (χ0n) is 16.8. The number of nitrogens with zero attached hydrogens (tertiary/aromatic N) is 3. The van der Waals surface area contributed by atoms with Gasteiger partial charge in [0.25, 0.3) is 0 Å². The van der Waals surface area contributed by atoms with Crippen molar-refractivity contribution in [2.24, 2.45) is 0 Å². The lowest BCUT2D eigenvalue weighted by Crippen LogP contribution is -2.48. The first-order valence-corrected chi connectivity index (χ1v) is 11.1. The molecule has 1 saturated heterocycles. The minimum absolute atomic E-state index is 0.159. The zero-order chi connectivity index (χ0) is 22.0. The minimum Gasteiger partial charge on any atom is -0.496 e. The number of hydrogen-bond acceptors (Lipinski definition) is 6. The minimum atomic E-state index is -4.11. The normalized spacial score (nSPS) is 15.8. The maximum absolute atomic E-state index is 14.0. The quantitative estimate of drug-likeness (QED) is 0.576. The molecule has 3 aromatic rings. The topological polar surface area (TPSA) is 75.9 Å². The zero-order valence-corrected chi connectivity index (χ0v) is 17.6. The number of piperazine rings is 1. The van der Waals surface area contributed by atoms with Crippen LogP contribution in [-0.4, -0.2) is 56.1 Å². The number of hydrogen-bond donors (Lipinski definition) is 0. The molecule has 1 aliphatic rings. The van der Waals surface area contributed by atoms with Gasteiger partial charge in [0.1, 0.15) is 28.0 Å². The predicted molar refractivity (Wildman–Crippen MR) is 109 cm³/mol. The summed E-state index contributed by atoms with van der Waals surface area (Å²) >= 11 is 0. The molecule has 31 heavy (non-hydrogen) atoms. The molecule has 0 radical (unpaired) electrons. The third kappa shape index (κ3) is 4.46. The van der Waals surface area contributed by atoms with E-state index >= 15 is 0 Å². The van der Waals surface area contributed by atoms with Gasteiger partial charge in [0.05, 0.1) is 13.7 Å². The summed E-state index contributed by atoms with van der Waals surface area (Å²) in [6, 6.07) is 11.7. The number of rotatable bonds is 6. The van der Waals surface area contributed by atoms with Crippen molar-refractivity contribution in [3.05, 3.63) is 65.9 Å². The average molecular weight is 449 g/mol. The summed E-state index contributed by atoms with van der Waals surface area (Å²) in [5, 5.41) is 4.11. The van der Waals surface area contributed by atoms with Crippen LogP contribution in [0.4, 0.5) is 8.78 Å². The first-order chi connectivity index (χ1) is 14.9. The van der Waals surface area contributed by atoms with E-state index in [1.807, 2.05) is 35.2 Å². The second kappa shape index (κ2) is 8.74. The van der Waals surface area contributed by atoms with Crippen molar-refractivity contribution >= 4 is 10.0 Å². The molecule has 0 unspecified atom stereocenters. The standard InChI is InChI=1S/C21H21F2N3O4S/c1-29-20-5-3-2-4-17(20)19-13-16(30-24-19)14-25-8-10-26(11-9-25)31(27,28)21-12-15(22)6-7-18(21)23/h2-7,12-13H,8-11,14H2,1H3. The van der Waals surface area contributed by atoms with Crippen LogP contribution in [0.15, 0.2) is 57.9 Å². The fourth-order valence-electron chi connectivity index (χ4n) is 3.53. The van der Waals surface area contributed by atoms with Crippen LogP contribution in [-0.2, 0) is 16.6 Å². The number of sulfonamides is 1. The lowest BCUT2D eigenvalue weighted by atomic mass is 10.1. The number of aromatic nitrogens is 1. The number of ether oxygens (including phenoxy) is 1. The van der Waals surface area contributed by atoms with Crippen molar-refractivity contribution in [3.63, 3.8) is 0 Å². The molecule has 10 heteroatoms. The molecule has 2 aromatic carbocycles. The Kier molecular flexibility index (Phi) is 6.03. The molecule has 1 aliphatic heterocycles. The lowest BCUT2D eigenvalue weighted by molar-refractivity contribution is 0.166. The van der Waals surface area contributed by atoms with Gasteiger partial charge in [0.2, 0.25) is 10.0 Å². The molecule has 1 fully saturated rings. The smallest absolute Gasteiger partial charge is 0.246 e. The first kappa shape index (κ1) is 21.4. The van der Waals surface area contributed by atoms with E-state index in [9.17, 15) is 17.2 Å². The second-order valence-corrected chi connectivity index (χ2v) is 9.04. The van der Waals surface area contributed by atoms with Crippen molar-refractivity contribution in [2.75, 3.05) is 33.3 Å². The van der Waals surface area contributed by atoms with Gasteiger partial charge in [-0.25, -0.2) is 17.2 Å². The van der Waals surface area contributed by atoms with Crippen LogP contribution in [0.25, 0.3) is 11.3 Å². The van der Waals surface area contributed by atoms with Gasteiger partial charge in [-0.15, -0.1) is 0 Å². The van der Waals surface area contributed by atoms with Gasteiger partial charge in [0.15, 0.2) is 5.76 Å². The van der Waals surface area contributed by atoms with Crippen LogP contribution >= 0.6 is 0 Å². The van der Waals surface area contributed by atoms with E-state index in [1.54, 1.807) is 7.11 Å². The number of para-hydroxylation sites is 1. The summed E-state index contributed by atoms with van der Waals surface area (Å²) in [5.41, 5.74) is 1.46. The van der Waals surface area contributed by atoms with Crippen molar-refractivity contribution in [1.29, 1.82) is 0 Å². The summed E-state index contributed by atoms with van der Waals surface area (Å²) in [6.45, 7) is 1.60. The van der Waals surface area contributed by atoms with Crippen LogP contribution in [0.1, 0.15) is 5.76 Å². The van der Waals surface area contributed by atoms with Crippen LogP contribution in [0.5, 0.6) is 5.75 Å². The van der Waals surface area contributed by atoms with E-state index in [0.29, 0.717) is 42.9 Å². The molecule has 0 spiro atoms. The molecule has 164 valence electrons. The highest BCUT2D eigenvalue weighted by Gasteiger charge is 2.31. The van der Waals surface area contributed by atoms with Gasteiger partial charge in [0, 0.05) is 37.8 Å². The number of benzene rings is 2. The molecule has 2 heterocycles. The summed E-state index contributed by atoms with van der Waals surface area (Å²) in [7, 11) is -2.52. The molecule has 0 N–H and O–H groups in total. The molecule has 0 saturated carbocycles. The van der Waals surface area contributed by atoms with Crippen LogP contribution in [0.2, 0.25) is 0 Å². The highest BCUT2D eigenvalue weighted by molar-refractivity contribution is 7.89. The largest absolute Gasteiger partial charge is 0.496 e. The summed E-state index contributed by atoms with van der Waals surface area (Å²) in [4.78, 5) is 1.37. The van der Waals surface area contributed by atoms with Gasteiger partial charge in [-0.2, -0.15) is 4.31 Å². The SMILES string of the molecule is COc1ccccc1-c1cc(CN2CCN(S(=O)(=O)c3cc(F)ccc3F)CC2)on1.